The largest absolute Gasteiger partial charge is 0.310 e. The number of nitrogens with one attached hydrogen (secondary N) is 1. The molecule has 1 aromatic carbocycles. The van der Waals surface area contributed by atoms with Gasteiger partial charge in [0.15, 0.2) is 0 Å². The van der Waals surface area contributed by atoms with Crippen LogP contribution in [0.25, 0.3) is 5.00 Å². The summed E-state index contributed by atoms with van der Waals surface area (Å²) in [6.07, 6.45) is 3.36. The molecule has 4 heterocycles. The average Bonchev–Trinajstić information content (AvgIpc) is 3.18. The van der Waals surface area contributed by atoms with Crippen molar-refractivity contribution >= 4 is 22.9 Å². The normalized spacial score (nSPS) is 19.8. The van der Waals surface area contributed by atoms with Gasteiger partial charge in [-0.2, -0.15) is 0 Å². The smallest absolute Gasteiger partial charge is 0.104 e. The molecule has 5 heteroatoms. The van der Waals surface area contributed by atoms with E-state index in [4.69, 9.17) is 11.6 Å². The molecule has 3 nitrogen and oxygen atoms in total. The van der Waals surface area contributed by atoms with E-state index in [1.807, 2.05) is 23.5 Å². The third-order valence-electron chi connectivity index (χ3n) is 5.32. The predicted octanol–water partition coefficient (Wildman–Crippen LogP) is 4.37. The van der Waals surface area contributed by atoms with Gasteiger partial charge in [0.1, 0.15) is 5.00 Å². The summed E-state index contributed by atoms with van der Waals surface area (Å²) in [5.41, 5.74) is 5.62. The van der Waals surface area contributed by atoms with Gasteiger partial charge in [-0.15, -0.1) is 11.3 Å². The van der Waals surface area contributed by atoms with Gasteiger partial charge in [0, 0.05) is 47.0 Å². The molecule has 2 aliphatic rings. The van der Waals surface area contributed by atoms with E-state index < -0.39 is 0 Å². The van der Waals surface area contributed by atoms with Gasteiger partial charge in [-0.3, -0.25) is 0 Å². The number of thiophene rings is 1. The molecule has 0 aliphatic carbocycles. The fraction of sp³-hybridized carbons (Fsp3) is 0.300. The molecular formula is C20H20ClN3S. The molecule has 0 bridgehead atoms. The van der Waals surface area contributed by atoms with Crippen LogP contribution in [0.1, 0.15) is 33.3 Å². The molecule has 0 saturated carbocycles. The molecule has 0 saturated heterocycles. The first-order valence-corrected chi connectivity index (χ1v) is 9.88. The van der Waals surface area contributed by atoms with Crippen LogP contribution in [0, 0.1) is 0 Å². The van der Waals surface area contributed by atoms with E-state index in [0.717, 1.165) is 31.1 Å². The molecule has 1 N–H and O–H groups in total. The molecular weight excluding hydrogens is 350 g/mol. The topological polar surface area (TPSA) is 20.2 Å². The van der Waals surface area contributed by atoms with Crippen molar-refractivity contribution in [3.63, 3.8) is 0 Å². The maximum Gasteiger partial charge on any atom is 0.104 e. The van der Waals surface area contributed by atoms with Crippen LogP contribution in [-0.2, 0) is 19.5 Å². The third kappa shape index (κ3) is 2.56. The second kappa shape index (κ2) is 5.99. The Balaban J connectivity index is 1.62. The van der Waals surface area contributed by atoms with Crippen LogP contribution >= 0.6 is 22.9 Å². The standard InChI is InChI=1S/C20H20ClN3S/c1-23-10-8-15-16-11-22-19(13-4-6-14(21)7-5-13)17-3-2-9-24(17)20(16)25-18(15)12-23/h2-7,9,19,22H,8,10-12H2,1H3/t19-/m1/s1. The summed E-state index contributed by atoms with van der Waals surface area (Å²) < 4.78 is 2.39. The Kier molecular flexibility index (Phi) is 3.75. The lowest BCUT2D eigenvalue weighted by atomic mass is 10.0. The minimum atomic E-state index is 0.189. The van der Waals surface area contributed by atoms with E-state index >= 15 is 0 Å². The minimum Gasteiger partial charge on any atom is -0.310 e. The summed E-state index contributed by atoms with van der Waals surface area (Å²) >= 11 is 8.04. The maximum atomic E-state index is 6.08. The number of fused-ring (bicyclic) bond motifs is 5. The average molecular weight is 370 g/mol. The van der Waals surface area contributed by atoms with Gasteiger partial charge in [-0.05, 0) is 48.9 Å². The highest BCUT2D eigenvalue weighted by Gasteiger charge is 2.29. The fourth-order valence-corrected chi connectivity index (χ4v) is 5.60. The quantitative estimate of drug-likeness (QED) is 0.687. The van der Waals surface area contributed by atoms with E-state index in [1.54, 1.807) is 5.56 Å². The lowest BCUT2D eigenvalue weighted by Gasteiger charge is -2.23. The molecule has 0 fully saturated rings. The van der Waals surface area contributed by atoms with Crippen molar-refractivity contribution in [2.24, 2.45) is 0 Å². The SMILES string of the molecule is CN1CCc2c(sc3c2CN[C@H](c2ccc(Cl)cc2)c2cccn2-3)C1. The van der Waals surface area contributed by atoms with Crippen molar-refractivity contribution in [3.05, 3.63) is 74.9 Å². The Labute approximate surface area is 156 Å². The second-order valence-electron chi connectivity index (χ2n) is 6.94. The van der Waals surface area contributed by atoms with Gasteiger partial charge in [0.25, 0.3) is 0 Å². The molecule has 2 aliphatic heterocycles. The van der Waals surface area contributed by atoms with E-state index in [9.17, 15) is 0 Å². The molecule has 128 valence electrons. The van der Waals surface area contributed by atoms with Crippen molar-refractivity contribution in [1.29, 1.82) is 0 Å². The van der Waals surface area contributed by atoms with Crippen LogP contribution in [0.2, 0.25) is 5.02 Å². The van der Waals surface area contributed by atoms with E-state index in [2.05, 4.69) is 52.3 Å². The monoisotopic (exact) mass is 369 g/mol. The predicted molar refractivity (Wildman–Crippen MR) is 104 cm³/mol. The Morgan fingerprint density at radius 1 is 1.16 bits per heavy atom. The van der Waals surface area contributed by atoms with Crippen LogP contribution in [0.3, 0.4) is 0 Å². The van der Waals surface area contributed by atoms with Crippen molar-refractivity contribution in [3.8, 4) is 5.00 Å². The summed E-state index contributed by atoms with van der Waals surface area (Å²) in [7, 11) is 2.21. The van der Waals surface area contributed by atoms with Crippen molar-refractivity contribution < 1.29 is 0 Å². The first-order valence-electron chi connectivity index (χ1n) is 8.69. The van der Waals surface area contributed by atoms with Crippen molar-refractivity contribution in [2.75, 3.05) is 13.6 Å². The van der Waals surface area contributed by atoms with Crippen LogP contribution in [0.5, 0.6) is 0 Å². The molecule has 2 aromatic heterocycles. The minimum absolute atomic E-state index is 0.189. The van der Waals surface area contributed by atoms with E-state index in [1.165, 1.54) is 26.7 Å². The highest BCUT2D eigenvalue weighted by Crippen LogP contribution is 2.40. The molecule has 25 heavy (non-hydrogen) atoms. The second-order valence-corrected chi connectivity index (χ2v) is 8.46. The zero-order chi connectivity index (χ0) is 17.0. The summed E-state index contributed by atoms with van der Waals surface area (Å²) in [4.78, 5) is 3.95. The van der Waals surface area contributed by atoms with E-state index in [-0.39, 0.29) is 6.04 Å². The zero-order valence-corrected chi connectivity index (χ0v) is 15.7. The molecule has 3 aromatic rings. The number of benzene rings is 1. The van der Waals surface area contributed by atoms with Gasteiger partial charge < -0.3 is 14.8 Å². The Morgan fingerprint density at radius 3 is 2.84 bits per heavy atom. The Bertz CT molecular complexity index is 925. The first kappa shape index (κ1) is 15.6. The van der Waals surface area contributed by atoms with Gasteiger partial charge in [0.05, 0.1) is 6.04 Å². The molecule has 0 unspecified atom stereocenters. The summed E-state index contributed by atoms with van der Waals surface area (Å²) in [5.74, 6) is 0. The zero-order valence-electron chi connectivity index (χ0n) is 14.1. The van der Waals surface area contributed by atoms with Gasteiger partial charge in [-0.25, -0.2) is 0 Å². The molecule has 0 amide bonds. The molecule has 1 atom stereocenters. The number of hydrogen-bond acceptors (Lipinski definition) is 3. The lowest BCUT2D eigenvalue weighted by Crippen LogP contribution is -2.27. The molecule has 5 rings (SSSR count). The van der Waals surface area contributed by atoms with Crippen LogP contribution < -0.4 is 5.32 Å². The number of halogens is 1. The summed E-state index contributed by atoms with van der Waals surface area (Å²) in [5, 5.41) is 5.97. The van der Waals surface area contributed by atoms with Crippen molar-refractivity contribution in [2.45, 2.75) is 25.6 Å². The fourth-order valence-electron chi connectivity index (χ4n) is 4.03. The summed E-state index contributed by atoms with van der Waals surface area (Å²) in [6, 6.07) is 12.8. The van der Waals surface area contributed by atoms with Gasteiger partial charge in [0.2, 0.25) is 0 Å². The molecule has 0 spiro atoms. The number of rotatable bonds is 1. The molecule has 0 radical (unpaired) electrons. The number of hydrogen-bond donors (Lipinski definition) is 1. The highest BCUT2D eigenvalue weighted by molar-refractivity contribution is 7.15. The van der Waals surface area contributed by atoms with Crippen LogP contribution in [0.4, 0.5) is 0 Å². The van der Waals surface area contributed by atoms with Crippen LogP contribution in [0.15, 0.2) is 42.6 Å². The highest BCUT2D eigenvalue weighted by atomic mass is 35.5. The lowest BCUT2D eigenvalue weighted by molar-refractivity contribution is 0.316. The van der Waals surface area contributed by atoms with Gasteiger partial charge in [-0.1, -0.05) is 23.7 Å². The summed E-state index contributed by atoms with van der Waals surface area (Å²) in [6.45, 7) is 3.14. The third-order valence-corrected chi connectivity index (χ3v) is 6.83. The number of aromatic nitrogens is 1. The Hall–Kier alpha value is -1.59. The van der Waals surface area contributed by atoms with Crippen molar-refractivity contribution in [1.82, 2.24) is 14.8 Å². The Morgan fingerprint density at radius 2 is 2.00 bits per heavy atom. The number of nitrogens with zero attached hydrogens (tertiary/aromatic N) is 2. The van der Waals surface area contributed by atoms with Crippen LogP contribution in [-0.4, -0.2) is 23.1 Å². The van der Waals surface area contributed by atoms with E-state index in [0.29, 0.717) is 0 Å². The first-order chi connectivity index (χ1) is 12.2. The van der Waals surface area contributed by atoms with Gasteiger partial charge >= 0.3 is 0 Å². The maximum absolute atomic E-state index is 6.08. The number of likely N-dealkylation sites (N-methyl/N-ethyl adjacent to an activating group) is 1.